The maximum absolute atomic E-state index is 13.3. The number of halogens is 2. The van der Waals surface area contributed by atoms with E-state index in [1.54, 1.807) is 12.1 Å². The van der Waals surface area contributed by atoms with Crippen LogP contribution in [-0.2, 0) is 14.3 Å². The number of carbonyl (C=O) groups excluding carboxylic acids is 3. The van der Waals surface area contributed by atoms with Gasteiger partial charge in [0.25, 0.3) is 0 Å². The van der Waals surface area contributed by atoms with Crippen LogP contribution in [0.4, 0.5) is 15.8 Å². The molecular weight excluding hydrogens is 363 g/mol. The zero-order valence-electron chi connectivity index (χ0n) is 14.1. The second-order valence-electron chi connectivity index (χ2n) is 5.29. The monoisotopic (exact) mass is 378 g/mol. The van der Waals surface area contributed by atoms with E-state index in [0.717, 1.165) is 11.0 Å². The summed E-state index contributed by atoms with van der Waals surface area (Å²) in [7, 11) is 1.23. The molecule has 0 fully saturated rings. The fourth-order valence-electron chi connectivity index (χ4n) is 2.25. The van der Waals surface area contributed by atoms with Crippen molar-refractivity contribution in [2.75, 3.05) is 23.9 Å². The molecule has 2 amide bonds. The Bertz CT molecular complexity index is 857. The molecule has 0 aliphatic rings. The lowest BCUT2D eigenvalue weighted by Gasteiger charge is -2.21. The van der Waals surface area contributed by atoms with Crippen molar-refractivity contribution in [3.05, 3.63) is 58.9 Å². The van der Waals surface area contributed by atoms with Gasteiger partial charge < -0.3 is 15.0 Å². The van der Waals surface area contributed by atoms with Gasteiger partial charge in [-0.1, -0.05) is 23.7 Å². The first-order chi connectivity index (χ1) is 12.3. The Morgan fingerprint density at radius 1 is 1.19 bits per heavy atom. The van der Waals surface area contributed by atoms with Crippen LogP contribution in [0.5, 0.6) is 0 Å². The van der Waals surface area contributed by atoms with Crippen molar-refractivity contribution < 1.29 is 23.5 Å². The molecule has 0 heterocycles. The van der Waals surface area contributed by atoms with Gasteiger partial charge in [0.1, 0.15) is 12.4 Å². The first kappa shape index (κ1) is 19.4. The van der Waals surface area contributed by atoms with E-state index in [0.29, 0.717) is 0 Å². The van der Waals surface area contributed by atoms with Crippen LogP contribution >= 0.6 is 11.6 Å². The van der Waals surface area contributed by atoms with E-state index in [4.69, 9.17) is 11.6 Å². The normalized spacial score (nSPS) is 10.2. The van der Waals surface area contributed by atoms with Crippen molar-refractivity contribution in [3.8, 4) is 0 Å². The van der Waals surface area contributed by atoms with Crippen LogP contribution in [0, 0.1) is 5.82 Å². The molecule has 8 heteroatoms. The fraction of sp³-hybridized carbons (Fsp3) is 0.167. The largest absolute Gasteiger partial charge is 0.465 e. The Morgan fingerprint density at radius 3 is 2.50 bits per heavy atom. The van der Waals surface area contributed by atoms with E-state index in [1.807, 2.05) is 0 Å². The number of amides is 2. The zero-order chi connectivity index (χ0) is 19.3. The Hall–Kier alpha value is -2.93. The van der Waals surface area contributed by atoms with E-state index in [9.17, 15) is 18.8 Å². The van der Waals surface area contributed by atoms with Gasteiger partial charge >= 0.3 is 5.97 Å². The standard InChI is InChI=1S/C18H16ClFN2O4/c1-11(23)22(12-7-8-15(20)14(19)9-12)10-17(24)21-16-6-4-3-5-13(16)18(25)26-2/h3-9H,10H2,1-2H3,(H,21,24). The maximum Gasteiger partial charge on any atom is 0.339 e. The van der Waals surface area contributed by atoms with Crippen molar-refractivity contribution in [1.29, 1.82) is 0 Å². The topological polar surface area (TPSA) is 75.7 Å². The molecule has 0 unspecified atom stereocenters. The minimum absolute atomic E-state index is 0.162. The highest BCUT2D eigenvalue weighted by molar-refractivity contribution is 6.31. The molecule has 1 N–H and O–H groups in total. The Balaban J connectivity index is 2.20. The van der Waals surface area contributed by atoms with Gasteiger partial charge in [0.15, 0.2) is 0 Å². The summed E-state index contributed by atoms with van der Waals surface area (Å²) in [6, 6.07) is 10.0. The lowest BCUT2D eigenvalue weighted by molar-refractivity contribution is -0.120. The molecule has 0 spiro atoms. The Labute approximate surface area is 154 Å². The summed E-state index contributed by atoms with van der Waals surface area (Å²) in [5.41, 5.74) is 0.716. The molecule has 26 heavy (non-hydrogen) atoms. The van der Waals surface area contributed by atoms with Crippen molar-refractivity contribution in [2.45, 2.75) is 6.92 Å². The van der Waals surface area contributed by atoms with Gasteiger partial charge in [0, 0.05) is 12.6 Å². The van der Waals surface area contributed by atoms with E-state index >= 15 is 0 Å². The molecular formula is C18H16ClFN2O4. The van der Waals surface area contributed by atoms with Gasteiger partial charge in [-0.25, -0.2) is 9.18 Å². The van der Waals surface area contributed by atoms with Crippen LogP contribution in [-0.4, -0.2) is 31.4 Å². The highest BCUT2D eigenvalue weighted by Crippen LogP contribution is 2.23. The summed E-state index contributed by atoms with van der Waals surface area (Å²) < 4.78 is 18.0. The number of rotatable bonds is 5. The molecule has 0 atom stereocenters. The summed E-state index contributed by atoms with van der Waals surface area (Å²) in [5.74, 6) is -2.20. The number of methoxy groups -OCH3 is 1. The second kappa shape index (κ2) is 8.44. The van der Waals surface area contributed by atoms with Crippen LogP contribution < -0.4 is 10.2 Å². The Morgan fingerprint density at radius 2 is 1.88 bits per heavy atom. The fourth-order valence-corrected chi connectivity index (χ4v) is 2.43. The van der Waals surface area contributed by atoms with Crippen LogP contribution in [0.3, 0.4) is 0 Å². The third kappa shape index (κ3) is 4.58. The van der Waals surface area contributed by atoms with Crippen LogP contribution in [0.15, 0.2) is 42.5 Å². The highest BCUT2D eigenvalue weighted by atomic mass is 35.5. The molecule has 2 rings (SSSR count). The molecule has 0 saturated carbocycles. The van der Waals surface area contributed by atoms with E-state index in [2.05, 4.69) is 10.1 Å². The minimum Gasteiger partial charge on any atom is -0.465 e. The van der Waals surface area contributed by atoms with E-state index < -0.39 is 23.6 Å². The first-order valence-electron chi connectivity index (χ1n) is 7.54. The number of para-hydroxylation sites is 1. The molecule has 0 bridgehead atoms. The van der Waals surface area contributed by atoms with Gasteiger partial charge in [0.2, 0.25) is 11.8 Å². The molecule has 6 nitrogen and oxygen atoms in total. The molecule has 2 aromatic carbocycles. The number of nitrogens with zero attached hydrogens (tertiary/aromatic N) is 1. The van der Waals surface area contributed by atoms with Gasteiger partial charge in [0.05, 0.1) is 23.4 Å². The number of anilines is 2. The summed E-state index contributed by atoms with van der Waals surface area (Å²) in [6.45, 7) is 0.930. The molecule has 0 aromatic heterocycles. The lowest BCUT2D eigenvalue weighted by atomic mass is 10.2. The number of carbonyl (C=O) groups is 3. The van der Waals surface area contributed by atoms with Gasteiger partial charge in [-0.2, -0.15) is 0 Å². The minimum atomic E-state index is -0.629. The van der Waals surface area contributed by atoms with Crippen molar-refractivity contribution in [3.63, 3.8) is 0 Å². The third-order valence-electron chi connectivity index (χ3n) is 3.50. The number of hydrogen-bond donors (Lipinski definition) is 1. The quantitative estimate of drug-likeness (QED) is 0.810. The summed E-state index contributed by atoms with van der Waals surface area (Å²) in [5, 5.41) is 2.40. The first-order valence-corrected chi connectivity index (χ1v) is 7.91. The van der Waals surface area contributed by atoms with Crippen LogP contribution in [0.2, 0.25) is 5.02 Å². The highest BCUT2D eigenvalue weighted by Gasteiger charge is 2.19. The predicted octanol–water partition coefficient (Wildman–Crippen LogP) is 3.26. The molecule has 0 aliphatic carbocycles. The number of ether oxygens (including phenoxy) is 1. The smallest absolute Gasteiger partial charge is 0.339 e. The van der Waals surface area contributed by atoms with Crippen molar-refractivity contribution in [2.24, 2.45) is 0 Å². The summed E-state index contributed by atoms with van der Waals surface area (Å²) in [6.07, 6.45) is 0. The molecule has 2 aromatic rings. The van der Waals surface area contributed by atoms with Gasteiger partial charge in [-0.15, -0.1) is 0 Å². The maximum atomic E-state index is 13.3. The molecule has 0 radical (unpaired) electrons. The SMILES string of the molecule is COC(=O)c1ccccc1NC(=O)CN(C(C)=O)c1ccc(F)c(Cl)c1. The summed E-state index contributed by atoms with van der Waals surface area (Å²) in [4.78, 5) is 37.1. The molecule has 0 saturated heterocycles. The molecule has 0 aliphatic heterocycles. The van der Waals surface area contributed by atoms with Gasteiger partial charge in [-0.05, 0) is 30.3 Å². The average Bonchev–Trinajstić information content (AvgIpc) is 2.61. The van der Waals surface area contributed by atoms with Crippen LogP contribution in [0.1, 0.15) is 17.3 Å². The van der Waals surface area contributed by atoms with Crippen molar-refractivity contribution in [1.82, 2.24) is 0 Å². The second-order valence-corrected chi connectivity index (χ2v) is 5.70. The molecule has 136 valence electrons. The third-order valence-corrected chi connectivity index (χ3v) is 3.79. The van der Waals surface area contributed by atoms with Crippen molar-refractivity contribution >= 4 is 40.8 Å². The van der Waals surface area contributed by atoms with Gasteiger partial charge in [-0.3, -0.25) is 9.59 Å². The summed E-state index contributed by atoms with van der Waals surface area (Å²) >= 11 is 5.74. The number of nitrogens with one attached hydrogen (secondary N) is 1. The van der Waals surface area contributed by atoms with E-state index in [-0.39, 0.29) is 28.5 Å². The predicted molar refractivity (Wildman–Crippen MR) is 95.8 cm³/mol. The number of benzene rings is 2. The zero-order valence-corrected chi connectivity index (χ0v) is 14.8. The number of esters is 1. The number of hydrogen-bond acceptors (Lipinski definition) is 4. The lowest BCUT2D eigenvalue weighted by Crippen LogP contribution is -2.37. The average molecular weight is 379 g/mol. The van der Waals surface area contributed by atoms with E-state index in [1.165, 1.54) is 38.3 Å². The van der Waals surface area contributed by atoms with Crippen LogP contribution in [0.25, 0.3) is 0 Å². The Kier molecular flexibility index (Phi) is 6.30.